The van der Waals surface area contributed by atoms with E-state index in [1.165, 1.54) is 0 Å². The fraction of sp³-hybridized carbons (Fsp3) is 0.429. The highest BCUT2D eigenvalue weighted by Gasteiger charge is 2.26. The number of hydrogen-bond acceptors (Lipinski definition) is 3. The summed E-state index contributed by atoms with van der Waals surface area (Å²) in [4.78, 5) is 15.1. The Labute approximate surface area is 64.4 Å². The zero-order chi connectivity index (χ0) is 7.68. The molecule has 0 aliphatic carbocycles. The van der Waals surface area contributed by atoms with Crippen LogP contribution >= 0.6 is 0 Å². The molecule has 4 nitrogen and oxygen atoms in total. The van der Waals surface area contributed by atoms with Crippen molar-refractivity contribution in [3.8, 4) is 0 Å². The second-order valence-corrected chi connectivity index (χ2v) is 2.57. The highest BCUT2D eigenvalue weighted by atomic mass is 16.2. The minimum Gasteiger partial charge on any atom is -0.338 e. The standard InChI is InChI=1S/C7H9N3O/c11-7-6-5(9-4-10-7)2-1-3-8-6/h1,3,5,9H,2,4H2,(H,10,11). The summed E-state index contributed by atoms with van der Waals surface area (Å²) >= 11 is 0. The van der Waals surface area contributed by atoms with Crippen molar-refractivity contribution in [3.63, 3.8) is 0 Å². The number of nitrogens with one attached hydrogen (secondary N) is 2. The Bertz CT molecular complexity index is 244. The quantitative estimate of drug-likeness (QED) is 0.485. The van der Waals surface area contributed by atoms with Crippen LogP contribution < -0.4 is 10.6 Å². The summed E-state index contributed by atoms with van der Waals surface area (Å²) in [6.45, 7) is 0.552. The van der Waals surface area contributed by atoms with E-state index >= 15 is 0 Å². The lowest BCUT2D eigenvalue weighted by atomic mass is 10.0. The van der Waals surface area contributed by atoms with E-state index < -0.39 is 0 Å². The van der Waals surface area contributed by atoms with Crippen LogP contribution in [0.25, 0.3) is 0 Å². The van der Waals surface area contributed by atoms with Gasteiger partial charge in [0.1, 0.15) is 5.71 Å². The van der Waals surface area contributed by atoms with E-state index in [1.54, 1.807) is 6.20 Å². The first-order valence-electron chi connectivity index (χ1n) is 3.62. The van der Waals surface area contributed by atoms with E-state index in [1.807, 2.05) is 6.08 Å². The molecule has 0 radical (unpaired) electrons. The molecule has 0 aromatic rings. The van der Waals surface area contributed by atoms with Gasteiger partial charge in [-0.2, -0.15) is 0 Å². The molecule has 2 N–H and O–H groups in total. The molecule has 58 valence electrons. The van der Waals surface area contributed by atoms with Crippen LogP contribution in [0.3, 0.4) is 0 Å². The van der Waals surface area contributed by atoms with Gasteiger partial charge >= 0.3 is 0 Å². The molecule has 1 atom stereocenters. The van der Waals surface area contributed by atoms with Crippen molar-refractivity contribution in [1.82, 2.24) is 10.6 Å². The van der Waals surface area contributed by atoms with Gasteiger partial charge in [0.15, 0.2) is 0 Å². The first kappa shape index (κ1) is 6.54. The molecule has 0 bridgehead atoms. The summed E-state index contributed by atoms with van der Waals surface area (Å²) in [6, 6.07) is 0.133. The lowest BCUT2D eigenvalue weighted by molar-refractivity contribution is -0.115. The van der Waals surface area contributed by atoms with Crippen LogP contribution in [0, 0.1) is 0 Å². The van der Waals surface area contributed by atoms with Gasteiger partial charge in [-0.1, -0.05) is 6.08 Å². The number of hydrogen-bond donors (Lipinski definition) is 2. The molecule has 0 saturated carbocycles. The average Bonchev–Trinajstić information content (AvgIpc) is 2.06. The van der Waals surface area contributed by atoms with Crippen molar-refractivity contribution in [1.29, 1.82) is 0 Å². The van der Waals surface area contributed by atoms with Gasteiger partial charge in [-0.25, -0.2) is 0 Å². The summed E-state index contributed by atoms with van der Waals surface area (Å²) in [6.07, 6.45) is 4.50. The second-order valence-electron chi connectivity index (χ2n) is 2.57. The SMILES string of the molecule is O=C1NCNC2CC=CN=C12. The van der Waals surface area contributed by atoms with Crippen LogP contribution in [0.5, 0.6) is 0 Å². The Morgan fingerprint density at radius 1 is 1.64 bits per heavy atom. The lowest BCUT2D eigenvalue weighted by Gasteiger charge is -2.25. The average molecular weight is 151 g/mol. The molecule has 1 amide bonds. The Balaban J connectivity index is 2.27. The first-order valence-corrected chi connectivity index (χ1v) is 3.62. The van der Waals surface area contributed by atoms with Gasteiger partial charge in [0.05, 0.1) is 12.7 Å². The predicted octanol–water partition coefficient (Wildman–Crippen LogP) is -0.610. The predicted molar refractivity (Wildman–Crippen MR) is 41.1 cm³/mol. The third-order valence-corrected chi connectivity index (χ3v) is 1.85. The number of carbonyl (C=O) groups excluding carboxylic acids is 1. The molecule has 1 unspecified atom stereocenters. The Kier molecular flexibility index (Phi) is 1.47. The number of nitrogens with zero attached hydrogens (tertiary/aromatic N) is 1. The topological polar surface area (TPSA) is 53.5 Å². The number of carbonyl (C=O) groups is 1. The van der Waals surface area contributed by atoms with Gasteiger partial charge in [-0.3, -0.25) is 15.1 Å². The van der Waals surface area contributed by atoms with Gasteiger partial charge in [-0.05, 0) is 6.42 Å². The van der Waals surface area contributed by atoms with Gasteiger partial charge < -0.3 is 5.32 Å². The zero-order valence-corrected chi connectivity index (χ0v) is 6.00. The van der Waals surface area contributed by atoms with Gasteiger partial charge in [0.25, 0.3) is 5.91 Å². The third-order valence-electron chi connectivity index (χ3n) is 1.85. The van der Waals surface area contributed by atoms with Crippen molar-refractivity contribution in [2.24, 2.45) is 4.99 Å². The van der Waals surface area contributed by atoms with E-state index in [0.717, 1.165) is 6.42 Å². The number of aliphatic imine (C=N–C) groups is 1. The Hall–Kier alpha value is -1.16. The van der Waals surface area contributed by atoms with E-state index in [9.17, 15) is 4.79 Å². The fourth-order valence-electron chi connectivity index (χ4n) is 1.27. The van der Waals surface area contributed by atoms with Crippen LogP contribution in [0.1, 0.15) is 6.42 Å². The summed E-state index contributed by atoms with van der Waals surface area (Å²) in [5, 5.41) is 5.80. The molecule has 2 aliphatic rings. The summed E-state index contributed by atoms with van der Waals surface area (Å²) < 4.78 is 0. The van der Waals surface area contributed by atoms with Crippen LogP contribution in [-0.2, 0) is 4.79 Å². The number of amides is 1. The summed E-state index contributed by atoms with van der Waals surface area (Å²) in [7, 11) is 0. The smallest absolute Gasteiger partial charge is 0.268 e. The lowest BCUT2D eigenvalue weighted by Crippen LogP contribution is -2.55. The van der Waals surface area contributed by atoms with Crippen LogP contribution in [0.4, 0.5) is 0 Å². The van der Waals surface area contributed by atoms with Crippen molar-refractivity contribution >= 4 is 11.6 Å². The molecule has 2 rings (SSSR count). The van der Waals surface area contributed by atoms with Crippen LogP contribution in [-0.4, -0.2) is 24.3 Å². The highest BCUT2D eigenvalue weighted by Crippen LogP contribution is 2.06. The minimum atomic E-state index is -0.0434. The number of rotatable bonds is 0. The molecule has 1 saturated heterocycles. The monoisotopic (exact) mass is 151 g/mol. The fourth-order valence-corrected chi connectivity index (χ4v) is 1.27. The summed E-state index contributed by atoms with van der Waals surface area (Å²) in [5.41, 5.74) is 0.610. The van der Waals surface area contributed by atoms with Crippen molar-refractivity contribution in [2.45, 2.75) is 12.5 Å². The zero-order valence-electron chi connectivity index (χ0n) is 6.00. The molecule has 2 heterocycles. The molecule has 0 spiro atoms. The molecule has 0 aromatic carbocycles. The van der Waals surface area contributed by atoms with E-state index in [2.05, 4.69) is 15.6 Å². The second kappa shape index (κ2) is 2.47. The largest absolute Gasteiger partial charge is 0.338 e. The van der Waals surface area contributed by atoms with Crippen molar-refractivity contribution in [3.05, 3.63) is 12.3 Å². The van der Waals surface area contributed by atoms with E-state index in [-0.39, 0.29) is 11.9 Å². The van der Waals surface area contributed by atoms with Crippen molar-refractivity contribution < 1.29 is 4.79 Å². The maximum absolute atomic E-state index is 11.1. The molecule has 1 fully saturated rings. The summed E-state index contributed by atoms with van der Waals surface area (Å²) in [5.74, 6) is -0.0434. The molecule has 11 heavy (non-hydrogen) atoms. The normalized spacial score (nSPS) is 28.9. The Morgan fingerprint density at radius 3 is 3.36 bits per heavy atom. The highest BCUT2D eigenvalue weighted by molar-refractivity contribution is 6.41. The van der Waals surface area contributed by atoms with Crippen LogP contribution in [0.2, 0.25) is 0 Å². The minimum absolute atomic E-state index is 0.0434. The molecular formula is C7H9N3O. The number of fused-ring (bicyclic) bond motifs is 1. The van der Waals surface area contributed by atoms with Gasteiger partial charge in [0.2, 0.25) is 0 Å². The first-order chi connectivity index (χ1) is 5.38. The molecule has 0 aromatic heterocycles. The van der Waals surface area contributed by atoms with E-state index in [0.29, 0.717) is 12.4 Å². The molecule has 4 heteroatoms. The van der Waals surface area contributed by atoms with Gasteiger partial charge in [-0.15, -0.1) is 0 Å². The Morgan fingerprint density at radius 2 is 2.55 bits per heavy atom. The van der Waals surface area contributed by atoms with Crippen LogP contribution in [0.15, 0.2) is 17.3 Å². The van der Waals surface area contributed by atoms with Crippen molar-refractivity contribution in [2.75, 3.05) is 6.67 Å². The molecular weight excluding hydrogens is 142 g/mol. The van der Waals surface area contributed by atoms with E-state index in [4.69, 9.17) is 0 Å². The van der Waals surface area contributed by atoms with Gasteiger partial charge in [0, 0.05) is 6.20 Å². The maximum Gasteiger partial charge on any atom is 0.268 e. The maximum atomic E-state index is 11.1. The molecule has 2 aliphatic heterocycles. The third kappa shape index (κ3) is 1.05.